The summed E-state index contributed by atoms with van der Waals surface area (Å²) >= 11 is 0. The van der Waals surface area contributed by atoms with Crippen molar-refractivity contribution in [3.8, 4) is 0 Å². The number of nitrogens with one attached hydrogen (secondary N) is 1. The summed E-state index contributed by atoms with van der Waals surface area (Å²) in [5, 5.41) is 0.523. The molecule has 1 heterocycles. The van der Waals surface area contributed by atoms with E-state index in [9.17, 15) is 35.2 Å². The Morgan fingerprint density at radius 1 is 1.00 bits per heavy atom. The molecule has 4 aromatic rings. The smallest absolute Gasteiger partial charge is 0.282 e. The van der Waals surface area contributed by atoms with E-state index in [-0.39, 0.29) is 51.6 Å². The van der Waals surface area contributed by atoms with Crippen molar-refractivity contribution in [1.29, 1.82) is 0 Å². The van der Waals surface area contributed by atoms with Gasteiger partial charge >= 0.3 is 0 Å². The highest BCUT2D eigenvalue weighted by Crippen LogP contribution is 2.43. The lowest BCUT2D eigenvalue weighted by Gasteiger charge is -2.15. The first-order chi connectivity index (χ1) is 21.3. The molecule has 2 aliphatic carbocycles. The number of hydrogen-bond donors (Lipinski definition) is 1. The number of benzene rings is 3. The first-order valence-electron chi connectivity index (χ1n) is 14.1. The van der Waals surface area contributed by atoms with Gasteiger partial charge < -0.3 is 4.57 Å². The molecule has 0 saturated heterocycles. The minimum absolute atomic E-state index is 0.0420. The molecule has 232 valence electrons. The molecular formula is C33H28F2N2O6S2. The highest BCUT2D eigenvalue weighted by Gasteiger charge is 2.32. The molecule has 3 aromatic carbocycles. The van der Waals surface area contributed by atoms with Gasteiger partial charge in [0.15, 0.2) is 15.6 Å². The molecule has 0 atom stereocenters. The van der Waals surface area contributed by atoms with Crippen LogP contribution in [0.5, 0.6) is 0 Å². The van der Waals surface area contributed by atoms with Gasteiger partial charge in [0.2, 0.25) is 0 Å². The predicted molar refractivity (Wildman–Crippen MR) is 166 cm³/mol. The highest BCUT2D eigenvalue weighted by molar-refractivity contribution is 7.90. The van der Waals surface area contributed by atoms with Gasteiger partial charge in [0.25, 0.3) is 15.9 Å². The minimum atomic E-state index is -4.55. The number of hydrogen-bond acceptors (Lipinski definition) is 6. The monoisotopic (exact) mass is 650 g/mol. The van der Waals surface area contributed by atoms with E-state index >= 15 is 0 Å². The first-order valence-corrected chi connectivity index (χ1v) is 17.7. The standard InChI is InChI=1S/C33H28F2N2O6S2/c1-44(40,41)19-20-5-4-6-25(15-20)45(42,43)36-33(39)32-31(26-7-2-3-8-30(26)38)27-16-22(21-9-10-21)12-14-29(27)37(32)18-23-11-13-24(34)17-28(23)35/h2-7,11-17,21H,8-10,18-19H2,1H3,(H,36,39). The maximum Gasteiger partial charge on any atom is 0.282 e. The summed E-state index contributed by atoms with van der Waals surface area (Å²) in [6, 6.07) is 13.8. The maximum atomic E-state index is 15.0. The molecule has 0 aliphatic heterocycles. The Morgan fingerprint density at radius 2 is 1.78 bits per heavy atom. The fourth-order valence-electron chi connectivity index (χ4n) is 5.64. The van der Waals surface area contributed by atoms with Crippen LogP contribution in [-0.4, -0.2) is 39.3 Å². The summed E-state index contributed by atoms with van der Waals surface area (Å²) < 4.78 is 82.9. The van der Waals surface area contributed by atoms with Gasteiger partial charge in [0, 0.05) is 46.3 Å². The maximum absolute atomic E-state index is 15.0. The molecule has 6 rings (SSSR count). The number of amides is 1. The molecule has 1 fully saturated rings. The van der Waals surface area contributed by atoms with E-state index in [1.807, 2.05) is 12.1 Å². The van der Waals surface area contributed by atoms with Crippen LogP contribution < -0.4 is 4.72 Å². The van der Waals surface area contributed by atoms with Gasteiger partial charge in [0.05, 0.1) is 17.2 Å². The molecule has 0 radical (unpaired) electrons. The predicted octanol–water partition coefficient (Wildman–Crippen LogP) is 5.42. The van der Waals surface area contributed by atoms with Crippen LogP contribution in [0.4, 0.5) is 8.78 Å². The SMILES string of the molecule is CS(=O)(=O)Cc1cccc(S(=O)(=O)NC(=O)c2c(C3=CC=CCC3=O)c3cc(C4CC4)ccc3n2Cc2ccc(F)cc2F)c1. The molecule has 0 unspecified atom stereocenters. The van der Waals surface area contributed by atoms with Crippen LogP contribution in [0.3, 0.4) is 0 Å². The van der Waals surface area contributed by atoms with E-state index in [0.29, 0.717) is 16.8 Å². The van der Waals surface area contributed by atoms with Crippen molar-refractivity contribution in [2.45, 2.75) is 42.4 Å². The number of allylic oxidation sites excluding steroid dienone is 4. The zero-order chi connectivity index (χ0) is 32.1. The summed E-state index contributed by atoms with van der Waals surface area (Å²) in [6.07, 6.45) is 7.96. The summed E-state index contributed by atoms with van der Waals surface area (Å²) in [5.74, 6) is -3.09. The number of nitrogens with zero attached hydrogens (tertiary/aromatic N) is 1. The van der Waals surface area contributed by atoms with Gasteiger partial charge in [0.1, 0.15) is 17.3 Å². The lowest BCUT2D eigenvalue weighted by molar-refractivity contribution is -0.113. The van der Waals surface area contributed by atoms with Crippen LogP contribution in [0.1, 0.15) is 57.9 Å². The molecule has 1 saturated carbocycles. The Balaban J connectivity index is 1.54. The number of Topliss-reactive ketones (excluding diaryl/α,β-unsaturated/α-hetero) is 1. The Bertz CT molecular complexity index is 2180. The number of halogens is 2. The zero-order valence-electron chi connectivity index (χ0n) is 24.1. The molecule has 0 bridgehead atoms. The summed E-state index contributed by atoms with van der Waals surface area (Å²) in [6.45, 7) is -0.269. The van der Waals surface area contributed by atoms with E-state index in [1.165, 1.54) is 34.9 Å². The van der Waals surface area contributed by atoms with Crippen molar-refractivity contribution >= 4 is 48.0 Å². The zero-order valence-corrected chi connectivity index (χ0v) is 25.7. The van der Waals surface area contributed by atoms with Gasteiger partial charge in [-0.15, -0.1) is 0 Å². The highest BCUT2D eigenvalue weighted by atomic mass is 32.2. The average Bonchev–Trinajstić information content (AvgIpc) is 3.77. The Kier molecular flexibility index (Phi) is 7.82. The third-order valence-electron chi connectivity index (χ3n) is 7.83. The lowest BCUT2D eigenvalue weighted by atomic mass is 9.92. The lowest BCUT2D eigenvalue weighted by Crippen LogP contribution is -2.33. The van der Waals surface area contributed by atoms with Crippen LogP contribution in [-0.2, 0) is 37.0 Å². The van der Waals surface area contributed by atoms with Crippen LogP contribution in [0.15, 0.2) is 83.8 Å². The largest absolute Gasteiger partial charge is 0.331 e. The fourth-order valence-corrected chi connectivity index (χ4v) is 7.44. The van der Waals surface area contributed by atoms with Crippen molar-refractivity contribution < 1.29 is 35.2 Å². The second-order valence-electron chi connectivity index (χ2n) is 11.4. The van der Waals surface area contributed by atoms with E-state index < -0.39 is 43.2 Å². The molecular weight excluding hydrogens is 623 g/mol. The summed E-state index contributed by atoms with van der Waals surface area (Å²) in [7, 11) is -8.02. The number of aromatic nitrogens is 1. The third-order valence-corrected chi connectivity index (χ3v) is 10.0. The molecule has 2 aliphatic rings. The van der Waals surface area contributed by atoms with Crippen LogP contribution in [0.25, 0.3) is 16.5 Å². The summed E-state index contributed by atoms with van der Waals surface area (Å²) in [5.41, 5.74) is 1.93. The Morgan fingerprint density at radius 3 is 2.47 bits per heavy atom. The van der Waals surface area contributed by atoms with Gasteiger partial charge in [-0.1, -0.05) is 42.5 Å². The van der Waals surface area contributed by atoms with Crippen molar-refractivity contribution in [1.82, 2.24) is 9.29 Å². The van der Waals surface area contributed by atoms with E-state index in [0.717, 1.165) is 36.8 Å². The number of rotatable bonds is 9. The topological polar surface area (TPSA) is 119 Å². The molecule has 1 amide bonds. The van der Waals surface area contributed by atoms with E-state index in [1.54, 1.807) is 24.3 Å². The van der Waals surface area contributed by atoms with E-state index in [2.05, 4.69) is 4.72 Å². The van der Waals surface area contributed by atoms with Crippen molar-refractivity contribution in [3.63, 3.8) is 0 Å². The van der Waals surface area contributed by atoms with E-state index in [4.69, 9.17) is 0 Å². The number of sulfone groups is 1. The van der Waals surface area contributed by atoms with Crippen molar-refractivity contribution in [2.24, 2.45) is 0 Å². The average molecular weight is 651 g/mol. The van der Waals surface area contributed by atoms with Crippen molar-refractivity contribution in [3.05, 3.63) is 118 Å². The second kappa shape index (κ2) is 11.5. The molecule has 45 heavy (non-hydrogen) atoms. The number of sulfonamides is 1. The minimum Gasteiger partial charge on any atom is -0.331 e. The fraction of sp³-hybridized carbons (Fsp3) is 0.212. The number of carbonyl (C=O) groups excluding carboxylic acids is 2. The number of ketones is 1. The molecule has 1 aromatic heterocycles. The quantitative estimate of drug-likeness (QED) is 0.259. The van der Waals surface area contributed by atoms with Gasteiger partial charge in [-0.2, -0.15) is 0 Å². The van der Waals surface area contributed by atoms with Gasteiger partial charge in [-0.05, 0) is 60.2 Å². The van der Waals surface area contributed by atoms with Gasteiger partial charge in [-0.3, -0.25) is 9.59 Å². The first kappa shape index (κ1) is 30.6. The normalized spacial score (nSPS) is 15.4. The molecule has 0 spiro atoms. The van der Waals surface area contributed by atoms with Crippen molar-refractivity contribution in [2.75, 3.05) is 6.26 Å². The third kappa shape index (κ3) is 6.38. The Labute approximate surface area is 259 Å². The molecule has 12 heteroatoms. The van der Waals surface area contributed by atoms with Crippen LogP contribution >= 0.6 is 0 Å². The van der Waals surface area contributed by atoms with Crippen LogP contribution in [0.2, 0.25) is 0 Å². The second-order valence-corrected chi connectivity index (χ2v) is 15.2. The molecule has 8 nitrogen and oxygen atoms in total. The number of fused-ring (bicyclic) bond motifs is 1. The summed E-state index contributed by atoms with van der Waals surface area (Å²) in [4.78, 5) is 27.0. The molecule has 1 N–H and O–H groups in total. The number of carbonyl (C=O) groups is 2. The Hall–Kier alpha value is -4.42. The van der Waals surface area contributed by atoms with Crippen LogP contribution in [0, 0.1) is 11.6 Å². The van der Waals surface area contributed by atoms with Gasteiger partial charge in [-0.25, -0.2) is 30.3 Å².